The van der Waals surface area contributed by atoms with Gasteiger partial charge in [0.15, 0.2) is 0 Å². The van der Waals surface area contributed by atoms with Crippen LogP contribution in [0.2, 0.25) is 0 Å². The van der Waals surface area contributed by atoms with E-state index in [1.807, 2.05) is 6.07 Å². The molecule has 1 atom stereocenters. The van der Waals surface area contributed by atoms with Crippen molar-refractivity contribution in [3.8, 4) is 0 Å². The van der Waals surface area contributed by atoms with Gasteiger partial charge in [0.25, 0.3) is 11.5 Å². The molecule has 2 heterocycles. The Bertz CT molecular complexity index is 976. The fraction of sp³-hybridized carbons (Fsp3) is 0.294. The molecule has 0 aliphatic carbocycles. The van der Waals surface area contributed by atoms with E-state index in [1.165, 1.54) is 24.7 Å². The summed E-state index contributed by atoms with van der Waals surface area (Å²) in [5, 5.41) is 2.69. The molecule has 8 heteroatoms. The van der Waals surface area contributed by atoms with Crippen LogP contribution in [-0.2, 0) is 31.0 Å². The molecule has 0 bridgehead atoms. The van der Waals surface area contributed by atoms with Gasteiger partial charge in [0.2, 0.25) is 0 Å². The topological polar surface area (TPSA) is 93.4 Å². The predicted octanol–water partition coefficient (Wildman–Crippen LogP) is 0.0512. The molecule has 1 aliphatic rings. The maximum atomic E-state index is 12.9. The minimum Gasteiger partial charge on any atom is -0.319 e. The van der Waals surface area contributed by atoms with Crippen LogP contribution in [0.4, 0.5) is 4.79 Å². The number of carbonyl (C=O) groups is 2. The smallest absolute Gasteiger partial charge is 0.319 e. The third-order valence-electron chi connectivity index (χ3n) is 4.57. The van der Waals surface area contributed by atoms with Gasteiger partial charge in [0, 0.05) is 25.9 Å². The Balaban J connectivity index is 1.98. The SMILES string of the molecule is Cn1c(CN2C(=O)N[C@@](C)(c3ccccc3)C2=O)cc(=O)n(C)c1=O. The molecule has 0 unspecified atom stereocenters. The normalized spacial score (nSPS) is 20.0. The lowest BCUT2D eigenvalue weighted by Gasteiger charge is -2.22. The highest BCUT2D eigenvalue weighted by Gasteiger charge is 2.49. The number of aromatic nitrogens is 2. The van der Waals surface area contributed by atoms with Crippen LogP contribution in [0.15, 0.2) is 46.0 Å². The van der Waals surface area contributed by atoms with E-state index in [2.05, 4.69) is 5.32 Å². The molecule has 8 nitrogen and oxygen atoms in total. The van der Waals surface area contributed by atoms with Gasteiger partial charge in [0.05, 0.1) is 6.54 Å². The summed E-state index contributed by atoms with van der Waals surface area (Å²) in [4.78, 5) is 50.1. The van der Waals surface area contributed by atoms with E-state index < -0.39 is 28.7 Å². The molecule has 1 aromatic heterocycles. The monoisotopic (exact) mass is 342 g/mol. The first kappa shape index (κ1) is 16.7. The van der Waals surface area contributed by atoms with Gasteiger partial charge in [-0.05, 0) is 12.5 Å². The average molecular weight is 342 g/mol. The molecule has 3 rings (SSSR count). The lowest BCUT2D eigenvalue weighted by Crippen LogP contribution is -2.42. The van der Waals surface area contributed by atoms with Gasteiger partial charge in [-0.25, -0.2) is 9.59 Å². The Kier molecular flexibility index (Phi) is 3.82. The Hall–Kier alpha value is -3.16. The third kappa shape index (κ3) is 2.55. The minimum absolute atomic E-state index is 0.158. The second kappa shape index (κ2) is 5.73. The van der Waals surface area contributed by atoms with Gasteiger partial charge >= 0.3 is 11.7 Å². The number of hydrogen-bond acceptors (Lipinski definition) is 4. The summed E-state index contributed by atoms with van der Waals surface area (Å²) in [5.41, 5.74) is -1.24. The predicted molar refractivity (Wildman–Crippen MR) is 89.8 cm³/mol. The van der Waals surface area contributed by atoms with Gasteiger partial charge in [0.1, 0.15) is 5.54 Å². The summed E-state index contributed by atoms with van der Waals surface area (Å²) in [6.45, 7) is 1.47. The zero-order chi connectivity index (χ0) is 18.4. The van der Waals surface area contributed by atoms with Crippen molar-refractivity contribution in [1.82, 2.24) is 19.4 Å². The average Bonchev–Trinajstić information content (AvgIpc) is 2.82. The number of urea groups is 1. The second-order valence-corrected chi connectivity index (χ2v) is 6.19. The summed E-state index contributed by atoms with van der Waals surface area (Å²) in [5.74, 6) is -0.433. The molecule has 1 saturated heterocycles. The number of hydrogen-bond donors (Lipinski definition) is 1. The molecule has 0 spiro atoms. The van der Waals surface area contributed by atoms with Crippen molar-refractivity contribution in [2.45, 2.75) is 19.0 Å². The summed E-state index contributed by atoms with van der Waals surface area (Å²) < 4.78 is 2.21. The lowest BCUT2D eigenvalue weighted by molar-refractivity contribution is -0.131. The Morgan fingerprint density at radius 2 is 1.64 bits per heavy atom. The van der Waals surface area contributed by atoms with E-state index in [0.717, 1.165) is 9.47 Å². The van der Waals surface area contributed by atoms with Crippen LogP contribution in [0.1, 0.15) is 18.2 Å². The van der Waals surface area contributed by atoms with Gasteiger partial charge < -0.3 is 5.32 Å². The highest BCUT2D eigenvalue weighted by molar-refractivity contribution is 6.07. The molecule has 130 valence electrons. The fourth-order valence-corrected chi connectivity index (χ4v) is 2.90. The van der Waals surface area contributed by atoms with Crippen molar-refractivity contribution < 1.29 is 9.59 Å². The first-order valence-electron chi connectivity index (χ1n) is 7.71. The highest BCUT2D eigenvalue weighted by Crippen LogP contribution is 2.29. The maximum Gasteiger partial charge on any atom is 0.330 e. The highest BCUT2D eigenvalue weighted by atomic mass is 16.2. The maximum absolute atomic E-state index is 12.9. The molecule has 1 aliphatic heterocycles. The number of benzene rings is 1. The molecular weight excluding hydrogens is 324 g/mol. The number of nitrogens with one attached hydrogen (secondary N) is 1. The summed E-state index contributed by atoms with van der Waals surface area (Å²) in [7, 11) is 2.86. The number of carbonyl (C=O) groups excluding carboxylic acids is 2. The van der Waals surface area contributed by atoms with Crippen LogP contribution in [-0.4, -0.2) is 26.0 Å². The van der Waals surface area contributed by atoms with Gasteiger partial charge in [-0.1, -0.05) is 30.3 Å². The standard InChI is InChI=1S/C17H18N4O4/c1-17(11-7-5-4-6-8-11)14(23)21(15(24)18-17)10-12-9-13(22)20(3)16(25)19(12)2/h4-9H,10H2,1-3H3,(H,18,24)/t17-/m0/s1. The van der Waals surface area contributed by atoms with Gasteiger partial charge in [-0.15, -0.1) is 0 Å². The van der Waals surface area contributed by atoms with Crippen LogP contribution in [0.25, 0.3) is 0 Å². The summed E-state index contributed by atoms with van der Waals surface area (Å²) in [6.07, 6.45) is 0. The second-order valence-electron chi connectivity index (χ2n) is 6.19. The molecule has 2 aromatic rings. The molecular formula is C17H18N4O4. The van der Waals surface area contributed by atoms with Crippen molar-refractivity contribution in [1.29, 1.82) is 0 Å². The first-order valence-corrected chi connectivity index (χ1v) is 7.71. The first-order chi connectivity index (χ1) is 11.8. The van der Waals surface area contributed by atoms with Crippen LogP contribution >= 0.6 is 0 Å². The third-order valence-corrected chi connectivity index (χ3v) is 4.57. The quantitative estimate of drug-likeness (QED) is 0.798. The zero-order valence-electron chi connectivity index (χ0n) is 14.1. The van der Waals surface area contributed by atoms with Gasteiger partial charge in [-0.2, -0.15) is 0 Å². The fourth-order valence-electron chi connectivity index (χ4n) is 2.90. The number of rotatable bonds is 3. The molecule has 0 saturated carbocycles. The Labute approximate surface area is 143 Å². The van der Waals surface area contributed by atoms with E-state index in [0.29, 0.717) is 5.56 Å². The summed E-state index contributed by atoms with van der Waals surface area (Å²) >= 11 is 0. The molecule has 1 aromatic carbocycles. The van der Waals surface area contributed by atoms with E-state index >= 15 is 0 Å². The van der Waals surface area contributed by atoms with Crippen molar-refractivity contribution in [2.75, 3.05) is 0 Å². The molecule has 1 fully saturated rings. The van der Waals surface area contributed by atoms with Crippen LogP contribution < -0.4 is 16.6 Å². The number of nitrogens with zero attached hydrogens (tertiary/aromatic N) is 3. The van der Waals surface area contributed by atoms with Crippen LogP contribution in [0, 0.1) is 0 Å². The Morgan fingerprint density at radius 3 is 2.28 bits per heavy atom. The lowest BCUT2D eigenvalue weighted by atomic mass is 9.92. The van der Waals surface area contributed by atoms with E-state index in [1.54, 1.807) is 31.2 Å². The van der Waals surface area contributed by atoms with E-state index in [4.69, 9.17) is 0 Å². The minimum atomic E-state index is -1.18. The summed E-state index contributed by atoms with van der Waals surface area (Å²) in [6, 6.07) is 9.59. The van der Waals surface area contributed by atoms with Gasteiger partial charge in [-0.3, -0.25) is 23.6 Å². The van der Waals surface area contributed by atoms with E-state index in [9.17, 15) is 19.2 Å². The van der Waals surface area contributed by atoms with Crippen molar-refractivity contribution >= 4 is 11.9 Å². The molecule has 25 heavy (non-hydrogen) atoms. The van der Waals surface area contributed by atoms with E-state index in [-0.39, 0.29) is 12.2 Å². The van der Waals surface area contributed by atoms with Crippen molar-refractivity contribution in [3.05, 3.63) is 68.5 Å². The Morgan fingerprint density at radius 1 is 1.00 bits per heavy atom. The molecule has 1 N–H and O–H groups in total. The molecule has 3 amide bonds. The largest absolute Gasteiger partial charge is 0.330 e. The van der Waals surface area contributed by atoms with Crippen LogP contribution in [0.5, 0.6) is 0 Å². The molecule has 0 radical (unpaired) electrons. The van der Waals surface area contributed by atoms with Crippen molar-refractivity contribution in [2.24, 2.45) is 14.1 Å². The zero-order valence-corrected chi connectivity index (χ0v) is 14.1. The number of imide groups is 1. The van der Waals surface area contributed by atoms with Crippen molar-refractivity contribution in [3.63, 3.8) is 0 Å². The van der Waals surface area contributed by atoms with Crippen LogP contribution in [0.3, 0.4) is 0 Å². The number of amides is 3.